The van der Waals surface area contributed by atoms with Gasteiger partial charge in [0.05, 0.1) is 12.1 Å². The van der Waals surface area contributed by atoms with Crippen LogP contribution in [0.3, 0.4) is 0 Å². The minimum atomic E-state index is -0.585. The molecular formula is C11H12N2O3S. The van der Waals surface area contributed by atoms with Crippen LogP contribution in [0.25, 0.3) is 0 Å². The SMILES string of the molecule is CCc1c(O)n(Cc2cccs2)c(=O)[nH]c1=O. The van der Waals surface area contributed by atoms with Gasteiger partial charge < -0.3 is 5.11 Å². The number of hydrogen-bond donors (Lipinski definition) is 2. The van der Waals surface area contributed by atoms with Crippen LogP contribution in [0.5, 0.6) is 5.88 Å². The van der Waals surface area contributed by atoms with Crippen molar-refractivity contribution in [3.8, 4) is 5.88 Å². The van der Waals surface area contributed by atoms with E-state index in [4.69, 9.17) is 0 Å². The molecule has 0 radical (unpaired) electrons. The zero-order valence-corrected chi connectivity index (χ0v) is 10.1. The molecule has 2 N–H and O–H groups in total. The fourth-order valence-corrected chi connectivity index (χ4v) is 2.32. The van der Waals surface area contributed by atoms with Crippen molar-refractivity contribution in [2.45, 2.75) is 19.9 Å². The first-order valence-electron chi connectivity index (χ1n) is 5.20. The summed E-state index contributed by atoms with van der Waals surface area (Å²) in [5.41, 5.74) is -0.864. The highest BCUT2D eigenvalue weighted by molar-refractivity contribution is 7.09. The first-order valence-corrected chi connectivity index (χ1v) is 6.08. The van der Waals surface area contributed by atoms with Gasteiger partial charge >= 0.3 is 5.69 Å². The molecule has 0 saturated carbocycles. The smallest absolute Gasteiger partial charge is 0.331 e. The number of hydrogen-bond acceptors (Lipinski definition) is 4. The molecule has 6 heteroatoms. The van der Waals surface area contributed by atoms with Gasteiger partial charge in [-0.2, -0.15) is 0 Å². The number of thiophene rings is 1. The number of H-pyrrole nitrogens is 1. The van der Waals surface area contributed by atoms with Crippen LogP contribution in [0.1, 0.15) is 17.4 Å². The predicted molar refractivity (Wildman–Crippen MR) is 65.8 cm³/mol. The van der Waals surface area contributed by atoms with Crippen LogP contribution in [0.2, 0.25) is 0 Å². The maximum Gasteiger partial charge on any atom is 0.331 e. The third-order valence-electron chi connectivity index (χ3n) is 2.51. The van der Waals surface area contributed by atoms with Gasteiger partial charge in [-0.3, -0.25) is 14.3 Å². The molecular weight excluding hydrogens is 240 g/mol. The molecule has 0 aromatic carbocycles. The predicted octanol–water partition coefficient (Wildman–Crippen LogP) is 0.914. The Labute approximate surface area is 101 Å². The molecule has 2 aromatic heterocycles. The standard InChI is InChI=1S/C11H12N2O3S/c1-2-8-9(14)12-11(16)13(10(8)15)6-7-4-3-5-17-7/h3-5,15H,2,6H2,1H3,(H,12,14,16). The zero-order valence-electron chi connectivity index (χ0n) is 9.27. The lowest BCUT2D eigenvalue weighted by molar-refractivity contribution is 0.402. The number of aromatic nitrogens is 2. The number of aromatic amines is 1. The van der Waals surface area contributed by atoms with E-state index in [1.54, 1.807) is 6.92 Å². The lowest BCUT2D eigenvalue weighted by Crippen LogP contribution is -2.32. The van der Waals surface area contributed by atoms with Gasteiger partial charge in [0.25, 0.3) is 5.56 Å². The van der Waals surface area contributed by atoms with E-state index in [2.05, 4.69) is 4.98 Å². The Hall–Kier alpha value is -1.82. The van der Waals surface area contributed by atoms with E-state index in [1.807, 2.05) is 17.5 Å². The van der Waals surface area contributed by atoms with Gasteiger partial charge in [-0.25, -0.2) is 4.79 Å². The van der Waals surface area contributed by atoms with E-state index in [-0.39, 0.29) is 18.0 Å². The van der Waals surface area contributed by atoms with Crippen LogP contribution in [-0.4, -0.2) is 14.7 Å². The molecule has 2 rings (SSSR count). The van der Waals surface area contributed by atoms with Crippen LogP contribution in [0.4, 0.5) is 0 Å². The summed E-state index contributed by atoms with van der Waals surface area (Å²) in [6.45, 7) is 2.02. The molecule has 17 heavy (non-hydrogen) atoms. The second-order valence-corrected chi connectivity index (χ2v) is 4.61. The minimum absolute atomic E-state index is 0.237. The molecule has 0 aliphatic carbocycles. The fourth-order valence-electron chi connectivity index (χ4n) is 1.62. The molecule has 0 aliphatic heterocycles. The lowest BCUT2D eigenvalue weighted by atomic mass is 10.2. The number of aromatic hydroxyl groups is 1. The quantitative estimate of drug-likeness (QED) is 0.852. The van der Waals surface area contributed by atoms with E-state index in [0.29, 0.717) is 6.42 Å². The zero-order chi connectivity index (χ0) is 12.4. The molecule has 90 valence electrons. The van der Waals surface area contributed by atoms with Crippen LogP contribution in [-0.2, 0) is 13.0 Å². The molecule has 0 bridgehead atoms. The molecule has 0 unspecified atom stereocenters. The van der Waals surface area contributed by atoms with Gasteiger partial charge in [0.1, 0.15) is 0 Å². The molecule has 0 atom stereocenters. The van der Waals surface area contributed by atoms with E-state index in [9.17, 15) is 14.7 Å². The molecule has 0 saturated heterocycles. The fraction of sp³-hybridized carbons (Fsp3) is 0.273. The van der Waals surface area contributed by atoms with Crippen molar-refractivity contribution in [1.29, 1.82) is 0 Å². The van der Waals surface area contributed by atoms with Crippen molar-refractivity contribution in [3.05, 3.63) is 48.8 Å². The molecule has 0 aliphatic rings. The highest BCUT2D eigenvalue weighted by atomic mass is 32.1. The van der Waals surface area contributed by atoms with Gasteiger partial charge in [-0.15, -0.1) is 11.3 Å². The van der Waals surface area contributed by atoms with Crippen molar-refractivity contribution in [1.82, 2.24) is 9.55 Å². The summed E-state index contributed by atoms with van der Waals surface area (Å²) in [6, 6.07) is 3.74. The maximum absolute atomic E-state index is 11.6. The monoisotopic (exact) mass is 252 g/mol. The summed E-state index contributed by atoms with van der Waals surface area (Å²) >= 11 is 1.49. The lowest BCUT2D eigenvalue weighted by Gasteiger charge is -2.09. The van der Waals surface area contributed by atoms with Crippen LogP contribution >= 0.6 is 11.3 Å². The topological polar surface area (TPSA) is 75.1 Å². The van der Waals surface area contributed by atoms with E-state index in [1.165, 1.54) is 15.9 Å². The number of nitrogens with one attached hydrogen (secondary N) is 1. The first-order chi connectivity index (χ1) is 8.13. The average molecular weight is 252 g/mol. The first kappa shape index (κ1) is 11.7. The molecule has 5 nitrogen and oxygen atoms in total. The highest BCUT2D eigenvalue weighted by Crippen LogP contribution is 2.15. The van der Waals surface area contributed by atoms with Crippen LogP contribution in [0.15, 0.2) is 27.1 Å². The number of nitrogens with zero attached hydrogens (tertiary/aromatic N) is 1. The molecule has 0 amide bonds. The van der Waals surface area contributed by atoms with E-state index < -0.39 is 11.2 Å². The van der Waals surface area contributed by atoms with Crippen molar-refractivity contribution < 1.29 is 5.11 Å². The van der Waals surface area contributed by atoms with Gasteiger partial charge in [0, 0.05) is 4.88 Å². The normalized spacial score (nSPS) is 10.6. The minimum Gasteiger partial charge on any atom is -0.494 e. The van der Waals surface area contributed by atoms with Gasteiger partial charge in [0.15, 0.2) is 0 Å². The summed E-state index contributed by atoms with van der Waals surface area (Å²) in [5.74, 6) is -0.241. The van der Waals surface area contributed by atoms with Crippen molar-refractivity contribution >= 4 is 11.3 Å². The second-order valence-electron chi connectivity index (χ2n) is 3.58. The summed E-state index contributed by atoms with van der Waals surface area (Å²) in [4.78, 5) is 26.2. The summed E-state index contributed by atoms with van der Waals surface area (Å²) < 4.78 is 1.17. The van der Waals surface area contributed by atoms with E-state index in [0.717, 1.165) is 4.88 Å². The summed E-state index contributed by atoms with van der Waals surface area (Å²) in [7, 11) is 0. The maximum atomic E-state index is 11.6. The molecule has 2 heterocycles. The van der Waals surface area contributed by atoms with Crippen LogP contribution in [0, 0.1) is 0 Å². The third kappa shape index (κ3) is 2.16. The van der Waals surface area contributed by atoms with Crippen molar-refractivity contribution in [3.63, 3.8) is 0 Å². The van der Waals surface area contributed by atoms with E-state index >= 15 is 0 Å². The second kappa shape index (κ2) is 4.58. The summed E-state index contributed by atoms with van der Waals surface area (Å²) in [6.07, 6.45) is 0.381. The van der Waals surface area contributed by atoms with Gasteiger partial charge in [0.2, 0.25) is 5.88 Å². The largest absolute Gasteiger partial charge is 0.494 e. The van der Waals surface area contributed by atoms with Crippen LogP contribution < -0.4 is 11.2 Å². The Morgan fingerprint density at radius 2 is 2.24 bits per heavy atom. The van der Waals surface area contributed by atoms with Gasteiger partial charge in [-0.05, 0) is 17.9 Å². The molecule has 0 spiro atoms. The Morgan fingerprint density at radius 3 is 2.82 bits per heavy atom. The Balaban J connectivity index is 2.54. The number of rotatable bonds is 3. The molecule has 0 fully saturated rings. The Bertz CT molecular complexity index is 625. The van der Waals surface area contributed by atoms with Crippen molar-refractivity contribution in [2.24, 2.45) is 0 Å². The van der Waals surface area contributed by atoms with Gasteiger partial charge in [-0.1, -0.05) is 13.0 Å². The average Bonchev–Trinajstić information content (AvgIpc) is 2.77. The Morgan fingerprint density at radius 1 is 1.47 bits per heavy atom. The molecule has 2 aromatic rings. The highest BCUT2D eigenvalue weighted by Gasteiger charge is 2.12. The third-order valence-corrected chi connectivity index (χ3v) is 3.37. The van der Waals surface area contributed by atoms with Crippen molar-refractivity contribution in [2.75, 3.05) is 0 Å². The Kier molecular flexibility index (Phi) is 3.14. The summed E-state index contributed by atoms with van der Waals surface area (Å²) in [5, 5.41) is 11.8.